The SMILES string of the molecule is C=C=C(CCCC)SC(=C)C. The van der Waals surface area contributed by atoms with Crippen LogP contribution in [0.1, 0.15) is 33.1 Å². The van der Waals surface area contributed by atoms with Gasteiger partial charge in [0.05, 0.1) is 0 Å². The van der Waals surface area contributed by atoms with Crippen LogP contribution in [0.3, 0.4) is 0 Å². The molecular formula is C10H16S. The largest absolute Gasteiger partial charge is 0.118 e. The molecule has 0 unspecified atom stereocenters. The van der Waals surface area contributed by atoms with E-state index in [9.17, 15) is 0 Å². The Morgan fingerprint density at radius 2 is 2.18 bits per heavy atom. The molecule has 1 heteroatoms. The lowest BCUT2D eigenvalue weighted by Gasteiger charge is -2.01. The lowest BCUT2D eigenvalue weighted by molar-refractivity contribution is 0.809. The zero-order valence-electron chi connectivity index (χ0n) is 7.44. The average Bonchev–Trinajstić information content (AvgIpc) is 1.97. The highest BCUT2D eigenvalue weighted by molar-refractivity contribution is 8.06. The Labute approximate surface area is 74.1 Å². The van der Waals surface area contributed by atoms with E-state index in [1.165, 1.54) is 17.7 Å². The topological polar surface area (TPSA) is 0 Å². The quantitative estimate of drug-likeness (QED) is 0.557. The Bertz CT molecular complexity index is 173. The summed E-state index contributed by atoms with van der Waals surface area (Å²) >= 11 is 1.69. The fourth-order valence-corrected chi connectivity index (χ4v) is 1.46. The number of unbranched alkanes of at least 4 members (excludes halogenated alkanes) is 1. The van der Waals surface area contributed by atoms with Crippen molar-refractivity contribution in [3.05, 3.63) is 28.7 Å². The summed E-state index contributed by atoms with van der Waals surface area (Å²) in [5.41, 5.74) is 2.94. The summed E-state index contributed by atoms with van der Waals surface area (Å²) in [6.07, 6.45) is 3.54. The molecule has 0 aromatic rings. The molecule has 0 fully saturated rings. The van der Waals surface area contributed by atoms with E-state index < -0.39 is 0 Å². The third kappa shape index (κ3) is 6.03. The van der Waals surface area contributed by atoms with E-state index >= 15 is 0 Å². The van der Waals surface area contributed by atoms with Gasteiger partial charge in [-0.05, 0) is 24.7 Å². The summed E-state index contributed by atoms with van der Waals surface area (Å²) in [5, 5.41) is 0. The molecule has 11 heavy (non-hydrogen) atoms. The van der Waals surface area contributed by atoms with E-state index in [0.717, 1.165) is 11.3 Å². The molecule has 0 rings (SSSR count). The van der Waals surface area contributed by atoms with E-state index in [4.69, 9.17) is 0 Å². The van der Waals surface area contributed by atoms with Crippen LogP contribution in [-0.4, -0.2) is 0 Å². The molecule has 0 nitrogen and oxygen atoms in total. The first-order valence-corrected chi connectivity index (χ1v) is 4.74. The van der Waals surface area contributed by atoms with Gasteiger partial charge in [0.1, 0.15) is 0 Å². The van der Waals surface area contributed by atoms with Gasteiger partial charge in [0.25, 0.3) is 0 Å². The van der Waals surface area contributed by atoms with Gasteiger partial charge in [-0.3, -0.25) is 0 Å². The zero-order valence-corrected chi connectivity index (χ0v) is 8.26. The normalized spacial score (nSPS) is 8.91. The predicted molar refractivity (Wildman–Crippen MR) is 54.6 cm³/mol. The molecule has 0 spiro atoms. The van der Waals surface area contributed by atoms with Gasteiger partial charge in [0.15, 0.2) is 0 Å². The number of rotatable bonds is 5. The second-order valence-corrected chi connectivity index (χ2v) is 3.90. The van der Waals surface area contributed by atoms with Gasteiger partial charge in [-0.1, -0.05) is 38.3 Å². The molecule has 0 amide bonds. The maximum atomic E-state index is 3.83. The van der Waals surface area contributed by atoms with E-state index in [0.29, 0.717) is 0 Å². The molecule has 62 valence electrons. The number of allylic oxidation sites excluding steroid dienone is 2. The fourth-order valence-electron chi connectivity index (χ4n) is 0.723. The molecule has 0 radical (unpaired) electrons. The monoisotopic (exact) mass is 168 g/mol. The summed E-state index contributed by atoms with van der Waals surface area (Å²) < 4.78 is 0. The molecule has 0 aromatic carbocycles. The summed E-state index contributed by atoms with van der Waals surface area (Å²) in [4.78, 5) is 2.34. The Balaban J connectivity index is 3.79. The fraction of sp³-hybridized carbons (Fsp3) is 0.500. The first-order valence-electron chi connectivity index (χ1n) is 3.93. The van der Waals surface area contributed by atoms with Crippen molar-refractivity contribution in [3.8, 4) is 0 Å². The third-order valence-corrected chi connectivity index (χ3v) is 2.20. The highest BCUT2D eigenvalue weighted by Gasteiger charge is 1.95. The van der Waals surface area contributed by atoms with Crippen LogP contribution in [0, 0.1) is 0 Å². The van der Waals surface area contributed by atoms with Gasteiger partial charge in [0.2, 0.25) is 0 Å². The molecule has 0 aliphatic carbocycles. The van der Waals surface area contributed by atoms with Gasteiger partial charge < -0.3 is 0 Å². The molecule has 0 atom stereocenters. The minimum atomic E-state index is 1.09. The summed E-state index contributed by atoms with van der Waals surface area (Å²) in [6, 6.07) is 0. The van der Waals surface area contributed by atoms with Crippen molar-refractivity contribution >= 4 is 11.8 Å². The molecule has 0 saturated carbocycles. The molecule has 0 aliphatic heterocycles. The number of thioether (sulfide) groups is 1. The van der Waals surface area contributed by atoms with Crippen LogP contribution in [0.15, 0.2) is 28.7 Å². The highest BCUT2D eigenvalue weighted by atomic mass is 32.2. The van der Waals surface area contributed by atoms with Crippen molar-refractivity contribution in [2.75, 3.05) is 0 Å². The van der Waals surface area contributed by atoms with Gasteiger partial charge >= 0.3 is 0 Å². The molecular weight excluding hydrogens is 152 g/mol. The van der Waals surface area contributed by atoms with Crippen LogP contribution in [0.25, 0.3) is 0 Å². The van der Waals surface area contributed by atoms with E-state index in [1.807, 2.05) is 6.92 Å². The lowest BCUT2D eigenvalue weighted by atomic mass is 10.2. The standard InChI is InChI=1S/C10H16S/c1-5-7-8-10(6-2)11-9(3)4/h2-3,5,7-8H2,1,4H3. The van der Waals surface area contributed by atoms with E-state index in [2.05, 4.69) is 25.8 Å². The summed E-state index contributed by atoms with van der Waals surface area (Å²) in [6.45, 7) is 11.7. The van der Waals surface area contributed by atoms with E-state index in [-0.39, 0.29) is 0 Å². The molecule has 0 saturated heterocycles. The smallest absolute Gasteiger partial charge is 0.0305 e. The van der Waals surface area contributed by atoms with Crippen LogP contribution in [0.2, 0.25) is 0 Å². The molecule has 0 heterocycles. The molecule has 0 aromatic heterocycles. The van der Waals surface area contributed by atoms with E-state index in [1.54, 1.807) is 11.8 Å². The van der Waals surface area contributed by atoms with Crippen molar-refractivity contribution in [1.82, 2.24) is 0 Å². The maximum absolute atomic E-state index is 3.83. The Morgan fingerprint density at radius 3 is 2.55 bits per heavy atom. The second kappa shape index (κ2) is 6.33. The Kier molecular flexibility index (Phi) is 6.10. The van der Waals surface area contributed by atoms with Crippen molar-refractivity contribution in [1.29, 1.82) is 0 Å². The lowest BCUT2D eigenvalue weighted by Crippen LogP contribution is -1.76. The van der Waals surface area contributed by atoms with Crippen LogP contribution >= 0.6 is 11.8 Å². The third-order valence-electron chi connectivity index (χ3n) is 1.25. The number of hydrogen-bond donors (Lipinski definition) is 0. The van der Waals surface area contributed by atoms with Crippen LogP contribution in [-0.2, 0) is 0 Å². The van der Waals surface area contributed by atoms with Crippen molar-refractivity contribution in [3.63, 3.8) is 0 Å². The van der Waals surface area contributed by atoms with Gasteiger partial charge in [0, 0.05) is 4.91 Å². The first kappa shape index (κ1) is 10.6. The average molecular weight is 168 g/mol. The van der Waals surface area contributed by atoms with Crippen LogP contribution < -0.4 is 0 Å². The molecule has 0 N–H and O–H groups in total. The zero-order chi connectivity index (χ0) is 8.69. The highest BCUT2D eigenvalue weighted by Crippen LogP contribution is 2.26. The Hall–Kier alpha value is -0.390. The molecule has 0 bridgehead atoms. The van der Waals surface area contributed by atoms with Crippen molar-refractivity contribution in [2.45, 2.75) is 33.1 Å². The van der Waals surface area contributed by atoms with Gasteiger partial charge in [-0.2, -0.15) is 0 Å². The first-order chi connectivity index (χ1) is 5.20. The van der Waals surface area contributed by atoms with Crippen LogP contribution in [0.5, 0.6) is 0 Å². The Morgan fingerprint density at radius 1 is 1.55 bits per heavy atom. The molecule has 0 aliphatic rings. The van der Waals surface area contributed by atoms with Crippen LogP contribution in [0.4, 0.5) is 0 Å². The van der Waals surface area contributed by atoms with Crippen molar-refractivity contribution < 1.29 is 0 Å². The summed E-state index contributed by atoms with van der Waals surface area (Å²) in [7, 11) is 0. The van der Waals surface area contributed by atoms with Gasteiger partial charge in [-0.25, -0.2) is 0 Å². The maximum Gasteiger partial charge on any atom is 0.0305 e. The second-order valence-electron chi connectivity index (χ2n) is 2.51. The van der Waals surface area contributed by atoms with Crippen molar-refractivity contribution in [2.24, 2.45) is 0 Å². The number of hydrogen-bond acceptors (Lipinski definition) is 1. The predicted octanol–water partition coefficient (Wildman–Crippen LogP) is 4.11. The summed E-state index contributed by atoms with van der Waals surface area (Å²) in [5.74, 6) is 0. The van der Waals surface area contributed by atoms with Gasteiger partial charge in [-0.15, -0.1) is 5.73 Å². The minimum absolute atomic E-state index is 1.09. The minimum Gasteiger partial charge on any atom is -0.118 e.